The minimum absolute atomic E-state index is 0.0800. The molecule has 3 rings (SSSR count). The van der Waals surface area contributed by atoms with Crippen molar-refractivity contribution in [3.8, 4) is 11.5 Å². The third kappa shape index (κ3) is 3.83. The van der Waals surface area contributed by atoms with Gasteiger partial charge < -0.3 is 14.4 Å². The zero-order valence-corrected chi connectivity index (χ0v) is 16.6. The van der Waals surface area contributed by atoms with Gasteiger partial charge in [-0.25, -0.2) is 8.42 Å². The van der Waals surface area contributed by atoms with E-state index in [0.717, 1.165) is 5.56 Å². The Morgan fingerprint density at radius 1 is 1.27 bits per heavy atom. The fourth-order valence-corrected chi connectivity index (χ4v) is 7.15. The molecule has 0 unspecified atom stereocenters. The van der Waals surface area contributed by atoms with E-state index in [1.54, 1.807) is 21.1 Å². The number of thioether (sulfide) groups is 1. The summed E-state index contributed by atoms with van der Waals surface area (Å²) in [6, 6.07) is 5.41. The number of methoxy groups -OCH3 is 2. The van der Waals surface area contributed by atoms with E-state index >= 15 is 0 Å². The Kier molecular flexibility index (Phi) is 5.47. The quantitative estimate of drug-likeness (QED) is 0.746. The van der Waals surface area contributed by atoms with Crippen LogP contribution in [0, 0.1) is 0 Å². The highest BCUT2D eigenvalue weighted by Gasteiger charge is 2.48. The molecule has 2 aliphatic heterocycles. The minimum Gasteiger partial charge on any atom is -0.493 e. The van der Waals surface area contributed by atoms with Gasteiger partial charge in [-0.05, 0) is 17.7 Å². The number of sulfone groups is 1. The van der Waals surface area contributed by atoms with Gasteiger partial charge in [0.25, 0.3) is 0 Å². The summed E-state index contributed by atoms with van der Waals surface area (Å²) >= 11 is 1.39. The molecule has 0 saturated carbocycles. The highest BCUT2D eigenvalue weighted by molar-refractivity contribution is 8.15. The van der Waals surface area contributed by atoms with Crippen LogP contribution in [0.25, 0.3) is 0 Å². The van der Waals surface area contributed by atoms with Gasteiger partial charge in [0.1, 0.15) is 0 Å². The Morgan fingerprint density at radius 2 is 2.00 bits per heavy atom. The maximum atomic E-state index is 12.0. The Morgan fingerprint density at radius 3 is 2.65 bits per heavy atom. The number of hydrogen-bond donors (Lipinski definition) is 0. The standard InChI is InChI=1S/C17H22N2O5S2/c1-4-16(20)18-17-19(12-9-26(21,22)10-15(12)25-17)8-11-5-6-13(23-2)14(7-11)24-3/h5-7,12,15H,4,8-10H2,1-3H3/t12-,15+/m1/s1. The molecular formula is C17H22N2O5S2. The summed E-state index contributed by atoms with van der Waals surface area (Å²) in [5.74, 6) is 1.26. The van der Waals surface area contributed by atoms with Crippen molar-refractivity contribution < 1.29 is 22.7 Å². The maximum absolute atomic E-state index is 12.0. The number of fused-ring (bicyclic) bond motifs is 1. The molecular weight excluding hydrogens is 376 g/mol. The number of nitrogens with zero attached hydrogens (tertiary/aromatic N) is 2. The van der Waals surface area contributed by atoms with E-state index in [4.69, 9.17) is 9.47 Å². The molecule has 0 radical (unpaired) electrons. The molecule has 1 aromatic rings. The third-order valence-corrected chi connectivity index (χ3v) is 7.75. The second kappa shape index (κ2) is 7.48. The van der Waals surface area contributed by atoms with Gasteiger partial charge in [0.2, 0.25) is 5.91 Å². The molecule has 142 valence electrons. The molecule has 0 spiro atoms. The lowest BCUT2D eigenvalue weighted by Crippen LogP contribution is -2.37. The summed E-state index contributed by atoms with van der Waals surface area (Å²) in [5.41, 5.74) is 0.935. The van der Waals surface area contributed by atoms with Gasteiger partial charge in [-0.2, -0.15) is 4.99 Å². The summed E-state index contributed by atoms with van der Waals surface area (Å²) in [7, 11) is 0.0835. The zero-order chi connectivity index (χ0) is 18.9. The van der Waals surface area contributed by atoms with E-state index in [0.29, 0.717) is 29.6 Å². The largest absolute Gasteiger partial charge is 0.493 e. The Hall–Kier alpha value is -1.74. The van der Waals surface area contributed by atoms with Gasteiger partial charge in [-0.3, -0.25) is 4.79 Å². The van der Waals surface area contributed by atoms with Crippen LogP contribution in [0.4, 0.5) is 0 Å². The number of rotatable bonds is 5. The van der Waals surface area contributed by atoms with E-state index < -0.39 is 9.84 Å². The average molecular weight is 399 g/mol. The first kappa shape index (κ1) is 19.0. The van der Waals surface area contributed by atoms with E-state index in [-0.39, 0.29) is 28.7 Å². The Labute approximate surface area is 157 Å². The fraction of sp³-hybridized carbons (Fsp3) is 0.529. The van der Waals surface area contributed by atoms with E-state index in [9.17, 15) is 13.2 Å². The molecule has 2 atom stereocenters. The molecule has 2 saturated heterocycles. The van der Waals surface area contributed by atoms with E-state index in [1.165, 1.54) is 11.8 Å². The smallest absolute Gasteiger partial charge is 0.247 e. The average Bonchev–Trinajstić information content (AvgIpc) is 3.07. The normalized spacial score (nSPS) is 25.3. The molecule has 0 bridgehead atoms. The van der Waals surface area contributed by atoms with Gasteiger partial charge >= 0.3 is 0 Å². The lowest BCUT2D eigenvalue weighted by molar-refractivity contribution is -0.117. The van der Waals surface area contributed by atoms with Crippen LogP contribution in [0.2, 0.25) is 0 Å². The van der Waals surface area contributed by atoms with Crippen molar-refractivity contribution in [2.45, 2.75) is 31.2 Å². The van der Waals surface area contributed by atoms with Crippen LogP contribution < -0.4 is 9.47 Å². The molecule has 26 heavy (non-hydrogen) atoms. The van der Waals surface area contributed by atoms with Crippen LogP contribution in [-0.4, -0.2) is 61.4 Å². The van der Waals surface area contributed by atoms with Crippen LogP contribution in [-0.2, 0) is 21.2 Å². The van der Waals surface area contributed by atoms with Gasteiger partial charge in [0.05, 0.1) is 31.8 Å². The SMILES string of the molecule is CCC(=O)N=C1S[C@H]2CS(=O)(=O)C[C@H]2N1Cc1ccc(OC)c(OC)c1. The topological polar surface area (TPSA) is 85.3 Å². The molecule has 2 heterocycles. The summed E-state index contributed by atoms with van der Waals surface area (Å²) in [4.78, 5) is 17.9. The fourth-order valence-electron chi connectivity index (χ4n) is 3.18. The van der Waals surface area contributed by atoms with Crippen molar-refractivity contribution >= 4 is 32.7 Å². The van der Waals surface area contributed by atoms with Gasteiger partial charge in [0.15, 0.2) is 26.5 Å². The molecule has 2 fully saturated rings. The number of hydrogen-bond acceptors (Lipinski definition) is 6. The number of amidine groups is 1. The first-order valence-electron chi connectivity index (χ1n) is 8.33. The van der Waals surface area contributed by atoms with Crippen LogP contribution >= 0.6 is 11.8 Å². The number of carbonyl (C=O) groups excluding carboxylic acids is 1. The van der Waals surface area contributed by atoms with Crippen molar-refractivity contribution in [3.05, 3.63) is 23.8 Å². The highest BCUT2D eigenvalue weighted by Crippen LogP contribution is 2.39. The van der Waals surface area contributed by atoms with Crippen LogP contribution in [0.3, 0.4) is 0 Å². The van der Waals surface area contributed by atoms with E-state index in [1.807, 2.05) is 23.1 Å². The first-order chi connectivity index (χ1) is 12.4. The van der Waals surface area contributed by atoms with Crippen molar-refractivity contribution in [1.29, 1.82) is 0 Å². The Balaban J connectivity index is 1.90. The van der Waals surface area contributed by atoms with Gasteiger partial charge in [-0.1, -0.05) is 24.8 Å². The summed E-state index contributed by atoms with van der Waals surface area (Å²) in [5, 5.41) is 0.528. The number of ether oxygens (including phenoxy) is 2. The van der Waals surface area contributed by atoms with Crippen molar-refractivity contribution in [2.75, 3.05) is 25.7 Å². The Bertz CT molecular complexity index is 838. The zero-order valence-electron chi connectivity index (χ0n) is 15.0. The van der Waals surface area contributed by atoms with Gasteiger partial charge in [-0.15, -0.1) is 0 Å². The third-order valence-electron chi connectivity index (χ3n) is 4.50. The summed E-state index contributed by atoms with van der Waals surface area (Å²) < 4.78 is 34.7. The number of benzene rings is 1. The molecule has 2 aliphatic rings. The molecule has 0 aromatic heterocycles. The molecule has 1 aromatic carbocycles. The summed E-state index contributed by atoms with van der Waals surface area (Å²) in [6.45, 7) is 2.22. The van der Waals surface area contributed by atoms with Crippen LogP contribution in [0.5, 0.6) is 11.5 Å². The lowest BCUT2D eigenvalue weighted by atomic mass is 10.1. The monoisotopic (exact) mass is 398 g/mol. The molecule has 1 amide bonds. The predicted molar refractivity (Wildman–Crippen MR) is 102 cm³/mol. The van der Waals surface area contributed by atoms with Crippen LogP contribution in [0.15, 0.2) is 23.2 Å². The first-order valence-corrected chi connectivity index (χ1v) is 11.0. The maximum Gasteiger partial charge on any atom is 0.247 e. The second-order valence-corrected chi connectivity index (χ2v) is 9.62. The van der Waals surface area contributed by atoms with Crippen molar-refractivity contribution in [2.24, 2.45) is 4.99 Å². The predicted octanol–water partition coefficient (Wildman–Crippen LogP) is 1.71. The molecule has 7 nitrogen and oxygen atoms in total. The summed E-state index contributed by atoms with van der Waals surface area (Å²) in [6.07, 6.45) is 0.321. The van der Waals surface area contributed by atoms with E-state index in [2.05, 4.69) is 4.99 Å². The van der Waals surface area contributed by atoms with Gasteiger partial charge in [0, 0.05) is 18.2 Å². The number of aliphatic imine (C=N–C) groups is 1. The van der Waals surface area contributed by atoms with Crippen LogP contribution in [0.1, 0.15) is 18.9 Å². The van der Waals surface area contributed by atoms with Crippen molar-refractivity contribution in [1.82, 2.24) is 4.90 Å². The lowest BCUT2D eigenvalue weighted by Gasteiger charge is -2.24. The molecule has 9 heteroatoms. The number of carbonyl (C=O) groups is 1. The number of amides is 1. The second-order valence-electron chi connectivity index (χ2n) is 6.26. The highest BCUT2D eigenvalue weighted by atomic mass is 32.2. The minimum atomic E-state index is -3.06. The molecule has 0 N–H and O–H groups in total. The molecule has 0 aliphatic carbocycles. The van der Waals surface area contributed by atoms with Crippen molar-refractivity contribution in [3.63, 3.8) is 0 Å².